The maximum Gasteiger partial charge on any atom is 0.243 e. The molecule has 2 saturated heterocycles. The Kier molecular flexibility index (Phi) is 7.91. The van der Waals surface area contributed by atoms with Crippen LogP contribution in [0.5, 0.6) is 0 Å². The molecule has 0 radical (unpaired) electrons. The van der Waals surface area contributed by atoms with E-state index in [1.165, 1.54) is 24.9 Å². The van der Waals surface area contributed by atoms with E-state index in [4.69, 9.17) is 0 Å². The van der Waals surface area contributed by atoms with Crippen molar-refractivity contribution >= 4 is 27.3 Å². The molecule has 0 aromatic heterocycles. The van der Waals surface area contributed by atoms with Crippen LogP contribution in [0.2, 0.25) is 0 Å². The van der Waals surface area contributed by atoms with Gasteiger partial charge in [0.25, 0.3) is 0 Å². The number of amides is 1. The van der Waals surface area contributed by atoms with E-state index in [1.807, 2.05) is 38.1 Å². The molecular formula is C26H36N4O3S. The molecule has 2 aliphatic heterocycles. The Morgan fingerprint density at radius 1 is 0.824 bits per heavy atom. The highest BCUT2D eigenvalue weighted by molar-refractivity contribution is 7.89. The molecule has 0 saturated carbocycles. The number of hydrogen-bond acceptors (Lipinski definition) is 5. The molecule has 1 amide bonds. The van der Waals surface area contributed by atoms with Gasteiger partial charge in [0.1, 0.15) is 0 Å². The van der Waals surface area contributed by atoms with Crippen LogP contribution in [-0.2, 0) is 14.8 Å². The predicted molar refractivity (Wildman–Crippen MR) is 137 cm³/mol. The van der Waals surface area contributed by atoms with E-state index in [-0.39, 0.29) is 11.9 Å². The van der Waals surface area contributed by atoms with Gasteiger partial charge in [-0.05, 0) is 75.9 Å². The summed E-state index contributed by atoms with van der Waals surface area (Å²) < 4.78 is 27.7. The van der Waals surface area contributed by atoms with E-state index in [9.17, 15) is 13.2 Å². The highest BCUT2D eigenvalue weighted by Gasteiger charge is 2.30. The summed E-state index contributed by atoms with van der Waals surface area (Å²) in [5.74, 6) is -0.0689. The van der Waals surface area contributed by atoms with Crippen LogP contribution in [0.15, 0.2) is 53.4 Å². The molecule has 2 heterocycles. The van der Waals surface area contributed by atoms with E-state index < -0.39 is 10.0 Å². The molecule has 1 N–H and O–H groups in total. The summed E-state index contributed by atoms with van der Waals surface area (Å²) in [6.45, 7) is 8.05. The van der Waals surface area contributed by atoms with Crippen LogP contribution in [0.1, 0.15) is 38.2 Å². The van der Waals surface area contributed by atoms with E-state index in [2.05, 4.69) is 27.2 Å². The first kappa shape index (κ1) is 24.7. The lowest BCUT2D eigenvalue weighted by molar-refractivity contribution is -0.120. The van der Waals surface area contributed by atoms with Gasteiger partial charge >= 0.3 is 0 Å². The number of aryl methyl sites for hydroxylation is 1. The van der Waals surface area contributed by atoms with Gasteiger partial charge in [-0.15, -0.1) is 0 Å². The third-order valence-corrected chi connectivity index (χ3v) is 8.84. The minimum Gasteiger partial charge on any atom is -0.372 e. The first-order valence-corrected chi connectivity index (χ1v) is 13.8. The van der Waals surface area contributed by atoms with Gasteiger partial charge in [-0.25, -0.2) is 8.42 Å². The number of benzene rings is 2. The van der Waals surface area contributed by atoms with Crippen molar-refractivity contribution in [1.29, 1.82) is 0 Å². The number of anilines is 2. The summed E-state index contributed by atoms with van der Waals surface area (Å²) in [6.07, 6.45) is 4.45. The molecule has 1 atom stereocenters. The third-order valence-electron chi connectivity index (χ3n) is 6.93. The van der Waals surface area contributed by atoms with Crippen molar-refractivity contribution in [3.63, 3.8) is 0 Å². The van der Waals surface area contributed by atoms with Crippen LogP contribution < -0.4 is 10.2 Å². The Labute approximate surface area is 203 Å². The maximum absolute atomic E-state index is 13.1. The number of carbonyl (C=O) groups is 1. The summed E-state index contributed by atoms with van der Waals surface area (Å²) in [5, 5.41) is 3.03. The zero-order chi connectivity index (χ0) is 24.1. The summed E-state index contributed by atoms with van der Waals surface area (Å²) in [5.41, 5.74) is 3.02. The first-order chi connectivity index (χ1) is 16.3. The fraction of sp³-hybridized carbons (Fsp3) is 0.500. The van der Waals surface area contributed by atoms with Crippen molar-refractivity contribution in [2.75, 3.05) is 49.5 Å². The maximum atomic E-state index is 13.1. The van der Waals surface area contributed by atoms with E-state index >= 15 is 0 Å². The monoisotopic (exact) mass is 484 g/mol. The second kappa shape index (κ2) is 10.9. The van der Waals surface area contributed by atoms with Crippen molar-refractivity contribution in [1.82, 2.24) is 9.21 Å². The number of nitrogens with zero attached hydrogens (tertiary/aromatic N) is 3. The average Bonchev–Trinajstić information content (AvgIpc) is 3.12. The van der Waals surface area contributed by atoms with Gasteiger partial charge < -0.3 is 10.2 Å². The molecule has 2 aliphatic rings. The number of piperidine rings is 1. The first-order valence-electron chi connectivity index (χ1n) is 12.3. The molecule has 1 unspecified atom stereocenters. The molecule has 0 spiro atoms. The number of hydrogen-bond donors (Lipinski definition) is 1. The van der Waals surface area contributed by atoms with Crippen LogP contribution in [0.25, 0.3) is 0 Å². The second-order valence-corrected chi connectivity index (χ2v) is 11.3. The molecule has 0 aliphatic carbocycles. The number of nitrogens with one attached hydrogen (secondary N) is 1. The van der Waals surface area contributed by atoms with Crippen LogP contribution in [-0.4, -0.2) is 68.8 Å². The van der Waals surface area contributed by atoms with Crippen LogP contribution in [0.3, 0.4) is 0 Å². The van der Waals surface area contributed by atoms with Crippen LogP contribution >= 0.6 is 0 Å². The molecule has 184 valence electrons. The number of rotatable bonds is 6. The van der Waals surface area contributed by atoms with E-state index in [0.717, 1.165) is 24.3 Å². The van der Waals surface area contributed by atoms with Crippen molar-refractivity contribution in [2.24, 2.45) is 0 Å². The average molecular weight is 485 g/mol. The lowest BCUT2D eigenvalue weighted by Crippen LogP contribution is -2.44. The topological polar surface area (TPSA) is 73.0 Å². The molecule has 8 heteroatoms. The fourth-order valence-corrected chi connectivity index (χ4v) is 6.19. The number of sulfonamides is 1. The van der Waals surface area contributed by atoms with Gasteiger partial charge in [0.15, 0.2) is 0 Å². The van der Waals surface area contributed by atoms with Crippen molar-refractivity contribution in [3.05, 3.63) is 54.1 Å². The lowest BCUT2D eigenvalue weighted by Gasteiger charge is -2.29. The highest BCUT2D eigenvalue weighted by atomic mass is 32.2. The van der Waals surface area contributed by atoms with Gasteiger partial charge in [-0.3, -0.25) is 9.69 Å². The summed E-state index contributed by atoms with van der Waals surface area (Å²) >= 11 is 0. The van der Waals surface area contributed by atoms with Crippen LogP contribution in [0, 0.1) is 6.92 Å². The standard InChI is InChI=1S/C26H36N4O3S/c1-21-7-13-25(14-8-21)34(32,33)30-18-6-17-28(19-20-30)22(2)26(31)27-23-9-11-24(12-10-23)29-15-4-3-5-16-29/h7-14,22H,3-6,15-20H2,1-2H3,(H,27,31). The van der Waals surface area contributed by atoms with Crippen molar-refractivity contribution < 1.29 is 13.2 Å². The Bertz CT molecular complexity index is 1060. The fourth-order valence-electron chi connectivity index (χ4n) is 4.72. The molecule has 4 rings (SSSR count). The number of carbonyl (C=O) groups excluding carboxylic acids is 1. The van der Waals surface area contributed by atoms with Gasteiger partial charge in [-0.2, -0.15) is 4.31 Å². The predicted octanol–water partition coefficient (Wildman–Crippen LogP) is 3.71. The minimum atomic E-state index is -3.53. The molecule has 34 heavy (non-hydrogen) atoms. The summed E-state index contributed by atoms with van der Waals surface area (Å²) in [4.78, 5) is 17.7. The minimum absolute atomic E-state index is 0.0689. The molecule has 2 aromatic carbocycles. The molecule has 2 fully saturated rings. The molecule has 0 bridgehead atoms. The van der Waals surface area contributed by atoms with Crippen molar-refractivity contribution in [3.8, 4) is 0 Å². The Morgan fingerprint density at radius 2 is 1.50 bits per heavy atom. The van der Waals surface area contributed by atoms with E-state index in [0.29, 0.717) is 37.5 Å². The SMILES string of the molecule is Cc1ccc(S(=O)(=O)N2CCCN(C(C)C(=O)Nc3ccc(N4CCCCC4)cc3)CC2)cc1. The van der Waals surface area contributed by atoms with Gasteiger partial charge in [0.2, 0.25) is 15.9 Å². The lowest BCUT2D eigenvalue weighted by atomic mass is 10.1. The second-order valence-electron chi connectivity index (χ2n) is 9.37. The van der Waals surface area contributed by atoms with E-state index in [1.54, 1.807) is 16.4 Å². The molecule has 2 aromatic rings. The Morgan fingerprint density at radius 3 is 2.18 bits per heavy atom. The normalized spacial score (nSPS) is 19.4. The third kappa shape index (κ3) is 5.79. The van der Waals surface area contributed by atoms with Crippen LogP contribution in [0.4, 0.5) is 11.4 Å². The van der Waals surface area contributed by atoms with Crippen molar-refractivity contribution in [2.45, 2.75) is 50.5 Å². The molecule has 7 nitrogen and oxygen atoms in total. The molecular weight excluding hydrogens is 448 g/mol. The van der Waals surface area contributed by atoms with Gasteiger partial charge in [-0.1, -0.05) is 17.7 Å². The van der Waals surface area contributed by atoms with Gasteiger partial charge in [0, 0.05) is 50.6 Å². The Hall–Kier alpha value is -2.42. The quantitative estimate of drug-likeness (QED) is 0.677. The summed E-state index contributed by atoms with van der Waals surface area (Å²) in [7, 11) is -3.53. The summed E-state index contributed by atoms with van der Waals surface area (Å²) in [6, 6.07) is 14.7. The highest BCUT2D eigenvalue weighted by Crippen LogP contribution is 2.23. The smallest absolute Gasteiger partial charge is 0.243 e. The van der Waals surface area contributed by atoms with Gasteiger partial charge in [0.05, 0.1) is 10.9 Å². The largest absolute Gasteiger partial charge is 0.372 e. The zero-order valence-electron chi connectivity index (χ0n) is 20.2. The Balaban J connectivity index is 1.33. The zero-order valence-corrected chi connectivity index (χ0v) is 21.1.